The van der Waals surface area contributed by atoms with Gasteiger partial charge in [-0.15, -0.1) is 0 Å². The molecule has 0 saturated carbocycles. The molecule has 4 aromatic rings. The number of pyridine rings is 2. The maximum Gasteiger partial charge on any atom is 0.341 e. The molecule has 0 fully saturated rings. The topological polar surface area (TPSA) is 95.0 Å². The van der Waals surface area contributed by atoms with E-state index in [0.29, 0.717) is 17.8 Å². The van der Waals surface area contributed by atoms with Gasteiger partial charge >= 0.3 is 5.97 Å². The highest BCUT2D eigenvalue weighted by Gasteiger charge is 2.20. The second-order valence-electron chi connectivity index (χ2n) is 8.38. The molecule has 0 unspecified atom stereocenters. The smallest absolute Gasteiger partial charge is 0.341 e. The van der Waals surface area contributed by atoms with Crippen LogP contribution in [0.4, 0.5) is 0 Å². The number of esters is 1. The Morgan fingerprint density at radius 2 is 1.86 bits per heavy atom. The highest BCUT2D eigenvalue weighted by Crippen LogP contribution is 2.13. The van der Waals surface area contributed by atoms with E-state index in [0.717, 1.165) is 5.56 Å². The zero-order chi connectivity index (χ0) is 24.9. The lowest BCUT2D eigenvalue weighted by Crippen LogP contribution is -2.33. The monoisotopic (exact) mass is 470 g/mol. The maximum atomic E-state index is 13.3. The van der Waals surface area contributed by atoms with Crippen LogP contribution in [0.5, 0.6) is 0 Å². The minimum Gasteiger partial charge on any atom is -0.462 e. The van der Waals surface area contributed by atoms with Crippen LogP contribution in [0.25, 0.3) is 22.8 Å². The Labute approximate surface area is 201 Å². The second kappa shape index (κ2) is 10.3. The molecule has 4 rings (SSSR count). The van der Waals surface area contributed by atoms with Gasteiger partial charge in [0.25, 0.3) is 11.5 Å². The zero-order valence-corrected chi connectivity index (χ0v) is 19.8. The first-order chi connectivity index (χ1) is 16.9. The standard InChI is InChI=1S/C27H26N4O4/c1-4-35-27(34)21-16-20-24(28-22-12-8-9-15-30(22)26(20)33)31(17-18(2)3)25(21)29-23(32)14-13-19-10-6-5-7-11-19/h5-16,18H,4,17H2,1-3H3. The lowest BCUT2D eigenvalue weighted by molar-refractivity contribution is -0.113. The summed E-state index contributed by atoms with van der Waals surface area (Å²) in [5.41, 5.74) is 1.47. The fraction of sp³-hybridized carbons (Fsp3) is 0.222. The predicted octanol–water partition coefficient (Wildman–Crippen LogP) is 3.62. The van der Waals surface area contributed by atoms with Crippen LogP contribution in [0.1, 0.15) is 36.7 Å². The predicted molar refractivity (Wildman–Crippen MR) is 134 cm³/mol. The largest absolute Gasteiger partial charge is 0.462 e. The summed E-state index contributed by atoms with van der Waals surface area (Å²) in [7, 11) is 0. The minimum absolute atomic E-state index is 0.0382. The van der Waals surface area contributed by atoms with Crippen LogP contribution in [0.15, 0.2) is 76.7 Å². The van der Waals surface area contributed by atoms with E-state index < -0.39 is 11.9 Å². The SMILES string of the molecule is CCOC(=O)c1cc2c(=O)n3ccccc3nc2n(CC(C)C)c1=NC(=O)C=Cc1ccccc1. The number of benzene rings is 1. The van der Waals surface area contributed by atoms with E-state index in [4.69, 9.17) is 4.74 Å². The average molecular weight is 471 g/mol. The number of aromatic nitrogens is 3. The molecule has 8 heteroatoms. The van der Waals surface area contributed by atoms with Crippen molar-refractivity contribution in [2.75, 3.05) is 6.61 Å². The Morgan fingerprint density at radius 3 is 2.57 bits per heavy atom. The van der Waals surface area contributed by atoms with Crippen LogP contribution >= 0.6 is 0 Å². The number of amides is 1. The molecule has 0 aliphatic heterocycles. The number of ether oxygens (including phenoxy) is 1. The molecular weight excluding hydrogens is 444 g/mol. The van der Waals surface area contributed by atoms with Crippen molar-refractivity contribution in [1.82, 2.24) is 14.0 Å². The summed E-state index contributed by atoms with van der Waals surface area (Å²) < 4.78 is 8.32. The number of nitrogens with zero attached hydrogens (tertiary/aromatic N) is 4. The summed E-state index contributed by atoms with van der Waals surface area (Å²) in [6, 6.07) is 16.0. The molecule has 0 atom stereocenters. The van der Waals surface area contributed by atoms with Crippen LogP contribution in [-0.2, 0) is 16.1 Å². The molecule has 0 saturated heterocycles. The first-order valence-corrected chi connectivity index (χ1v) is 11.4. The van der Waals surface area contributed by atoms with Crippen LogP contribution in [0, 0.1) is 5.92 Å². The van der Waals surface area contributed by atoms with Crippen molar-refractivity contribution in [2.45, 2.75) is 27.3 Å². The van der Waals surface area contributed by atoms with E-state index in [2.05, 4.69) is 9.98 Å². The van der Waals surface area contributed by atoms with Crippen molar-refractivity contribution in [3.8, 4) is 0 Å². The number of rotatable bonds is 6. The summed E-state index contributed by atoms with van der Waals surface area (Å²) in [4.78, 5) is 48.1. The van der Waals surface area contributed by atoms with E-state index in [1.807, 2.05) is 44.2 Å². The van der Waals surface area contributed by atoms with Crippen molar-refractivity contribution in [1.29, 1.82) is 0 Å². The highest BCUT2D eigenvalue weighted by molar-refractivity contribution is 5.95. The molecule has 8 nitrogen and oxygen atoms in total. The Balaban J connectivity index is 2.03. The van der Waals surface area contributed by atoms with Gasteiger partial charge in [-0.1, -0.05) is 50.2 Å². The fourth-order valence-electron chi connectivity index (χ4n) is 3.77. The molecule has 3 heterocycles. The van der Waals surface area contributed by atoms with Crippen LogP contribution in [0.3, 0.4) is 0 Å². The average Bonchev–Trinajstić information content (AvgIpc) is 2.85. The fourth-order valence-corrected chi connectivity index (χ4v) is 3.77. The molecule has 178 valence electrons. The zero-order valence-electron chi connectivity index (χ0n) is 19.8. The highest BCUT2D eigenvalue weighted by atomic mass is 16.5. The van der Waals surface area contributed by atoms with Gasteiger partial charge in [-0.05, 0) is 42.7 Å². The summed E-state index contributed by atoms with van der Waals surface area (Å²) in [5.74, 6) is -1.10. The van der Waals surface area contributed by atoms with Crippen LogP contribution in [0.2, 0.25) is 0 Å². The molecule has 1 aromatic carbocycles. The summed E-state index contributed by atoms with van der Waals surface area (Å²) in [5, 5.41) is 0.239. The Bertz CT molecular complexity index is 1560. The van der Waals surface area contributed by atoms with E-state index >= 15 is 0 Å². The van der Waals surface area contributed by atoms with Gasteiger partial charge in [-0.25, -0.2) is 9.78 Å². The van der Waals surface area contributed by atoms with Crippen molar-refractivity contribution >= 4 is 34.6 Å². The summed E-state index contributed by atoms with van der Waals surface area (Å²) in [6.45, 7) is 6.19. The maximum absolute atomic E-state index is 13.3. The van der Waals surface area contributed by atoms with Gasteiger partial charge in [-0.3, -0.25) is 14.0 Å². The number of carbonyl (C=O) groups excluding carboxylic acids is 2. The molecule has 1 amide bonds. The van der Waals surface area contributed by atoms with Gasteiger partial charge < -0.3 is 9.30 Å². The molecule has 0 radical (unpaired) electrons. The Hall–Kier alpha value is -4.33. The van der Waals surface area contributed by atoms with E-state index in [1.165, 1.54) is 16.5 Å². The van der Waals surface area contributed by atoms with E-state index in [9.17, 15) is 14.4 Å². The number of fused-ring (bicyclic) bond motifs is 2. The lowest BCUT2D eigenvalue weighted by Gasteiger charge is -2.16. The van der Waals surface area contributed by atoms with Gasteiger partial charge in [0.15, 0.2) is 5.49 Å². The second-order valence-corrected chi connectivity index (χ2v) is 8.38. The molecule has 0 bridgehead atoms. The molecule has 0 N–H and O–H groups in total. The van der Waals surface area contributed by atoms with E-state index in [-0.39, 0.29) is 34.5 Å². The molecular formula is C27H26N4O4. The van der Waals surface area contributed by atoms with E-state index in [1.54, 1.807) is 42.0 Å². The van der Waals surface area contributed by atoms with Crippen molar-refractivity contribution in [2.24, 2.45) is 10.9 Å². The third kappa shape index (κ3) is 5.11. The van der Waals surface area contributed by atoms with Crippen LogP contribution < -0.4 is 11.0 Å². The normalized spacial score (nSPS) is 12.2. The third-order valence-corrected chi connectivity index (χ3v) is 5.27. The third-order valence-electron chi connectivity index (χ3n) is 5.27. The van der Waals surface area contributed by atoms with Crippen molar-refractivity contribution in [3.63, 3.8) is 0 Å². The number of hydrogen-bond donors (Lipinski definition) is 0. The molecule has 35 heavy (non-hydrogen) atoms. The van der Waals surface area contributed by atoms with Crippen molar-refractivity contribution < 1.29 is 14.3 Å². The molecule has 0 spiro atoms. The van der Waals surface area contributed by atoms with Crippen LogP contribution in [-0.4, -0.2) is 32.4 Å². The lowest BCUT2D eigenvalue weighted by atomic mass is 10.1. The number of hydrogen-bond acceptors (Lipinski definition) is 5. The first kappa shape index (κ1) is 23.8. The van der Waals surface area contributed by atoms with Crippen molar-refractivity contribution in [3.05, 3.63) is 93.8 Å². The first-order valence-electron chi connectivity index (χ1n) is 11.4. The van der Waals surface area contributed by atoms with Gasteiger partial charge in [0.1, 0.15) is 16.9 Å². The Kier molecular flexibility index (Phi) is 7.01. The molecule has 3 aromatic heterocycles. The quantitative estimate of drug-likeness (QED) is 0.244. The van der Waals surface area contributed by atoms with Gasteiger partial charge in [0.05, 0.1) is 12.0 Å². The van der Waals surface area contributed by atoms with Gasteiger partial charge in [-0.2, -0.15) is 4.99 Å². The number of carbonyl (C=O) groups is 2. The Morgan fingerprint density at radius 1 is 1.11 bits per heavy atom. The summed E-state index contributed by atoms with van der Waals surface area (Å²) in [6.07, 6.45) is 4.62. The van der Waals surface area contributed by atoms with Gasteiger partial charge in [0.2, 0.25) is 0 Å². The minimum atomic E-state index is -0.664. The molecule has 0 aliphatic carbocycles. The van der Waals surface area contributed by atoms with Gasteiger partial charge in [0, 0.05) is 18.8 Å². The summed E-state index contributed by atoms with van der Waals surface area (Å²) >= 11 is 0. The molecule has 0 aliphatic rings.